The lowest BCUT2D eigenvalue weighted by Crippen LogP contribution is -2.04. The number of aromatic nitrogens is 2. The number of alkyl halides is 3. The molecule has 2 nitrogen and oxygen atoms in total. The van der Waals surface area contributed by atoms with Gasteiger partial charge in [0.15, 0.2) is 0 Å². The molecule has 0 fully saturated rings. The Balaban J connectivity index is 2.44. The van der Waals surface area contributed by atoms with E-state index in [9.17, 15) is 13.2 Å². The van der Waals surface area contributed by atoms with Gasteiger partial charge in [-0.2, -0.15) is 18.3 Å². The molecule has 16 heavy (non-hydrogen) atoms. The molecular formula is C10H6BrF3N2. The summed E-state index contributed by atoms with van der Waals surface area (Å²) in [5.74, 6) is 0. The van der Waals surface area contributed by atoms with Gasteiger partial charge in [0.05, 0.1) is 11.3 Å². The first-order chi connectivity index (χ1) is 7.47. The molecule has 84 valence electrons. The number of halogens is 4. The van der Waals surface area contributed by atoms with Crippen molar-refractivity contribution < 1.29 is 13.2 Å². The minimum absolute atomic E-state index is 0.428. The summed E-state index contributed by atoms with van der Waals surface area (Å²) in [7, 11) is 0. The van der Waals surface area contributed by atoms with Crippen LogP contribution in [-0.2, 0) is 6.18 Å². The lowest BCUT2D eigenvalue weighted by atomic mass is 10.1. The highest BCUT2D eigenvalue weighted by atomic mass is 79.9. The fourth-order valence-corrected chi connectivity index (χ4v) is 1.61. The Hall–Kier alpha value is -1.30. The van der Waals surface area contributed by atoms with Crippen LogP contribution >= 0.6 is 15.9 Å². The maximum atomic E-state index is 12.5. The van der Waals surface area contributed by atoms with Crippen molar-refractivity contribution in [3.63, 3.8) is 0 Å². The second-order valence-corrected chi connectivity index (χ2v) is 4.03. The molecule has 0 radical (unpaired) electrons. The zero-order valence-electron chi connectivity index (χ0n) is 7.85. The summed E-state index contributed by atoms with van der Waals surface area (Å²) in [5.41, 5.74) is 0.221. The number of aromatic amines is 1. The summed E-state index contributed by atoms with van der Waals surface area (Å²) in [6.45, 7) is 0. The molecule has 0 amide bonds. The van der Waals surface area contributed by atoms with Crippen molar-refractivity contribution in [2.24, 2.45) is 0 Å². The van der Waals surface area contributed by atoms with Gasteiger partial charge >= 0.3 is 6.18 Å². The highest BCUT2D eigenvalue weighted by Gasteiger charge is 2.30. The molecule has 0 aliphatic carbocycles. The SMILES string of the molecule is FC(F)(F)c1cccc(-c2cc(Br)[nH]n2)c1. The normalized spacial score (nSPS) is 11.8. The molecule has 2 rings (SSSR count). The Bertz CT molecular complexity index is 505. The second kappa shape index (κ2) is 3.93. The third-order valence-electron chi connectivity index (χ3n) is 2.03. The Kier molecular flexibility index (Phi) is 2.75. The van der Waals surface area contributed by atoms with Crippen LogP contribution in [0, 0.1) is 0 Å². The van der Waals surface area contributed by atoms with Crippen LogP contribution in [0.5, 0.6) is 0 Å². The molecule has 0 aliphatic heterocycles. The quantitative estimate of drug-likeness (QED) is 0.849. The summed E-state index contributed by atoms with van der Waals surface area (Å²) in [6, 6.07) is 6.67. The molecule has 1 aromatic heterocycles. The van der Waals surface area contributed by atoms with Crippen LogP contribution in [0.4, 0.5) is 13.2 Å². The second-order valence-electron chi connectivity index (χ2n) is 3.18. The van der Waals surface area contributed by atoms with Gasteiger partial charge in [0.1, 0.15) is 4.60 Å². The Morgan fingerprint density at radius 1 is 1.19 bits per heavy atom. The zero-order valence-corrected chi connectivity index (χ0v) is 9.43. The van der Waals surface area contributed by atoms with Gasteiger partial charge in [-0.25, -0.2) is 0 Å². The Morgan fingerprint density at radius 3 is 2.50 bits per heavy atom. The van der Waals surface area contributed by atoms with Crippen molar-refractivity contribution >= 4 is 15.9 Å². The van der Waals surface area contributed by atoms with Crippen LogP contribution in [0.15, 0.2) is 34.9 Å². The maximum absolute atomic E-state index is 12.5. The van der Waals surface area contributed by atoms with Crippen LogP contribution in [0.3, 0.4) is 0 Å². The predicted octanol–water partition coefficient (Wildman–Crippen LogP) is 3.86. The average molecular weight is 291 g/mol. The van der Waals surface area contributed by atoms with Gasteiger partial charge < -0.3 is 0 Å². The van der Waals surface area contributed by atoms with Crippen LogP contribution in [0.2, 0.25) is 0 Å². The third kappa shape index (κ3) is 2.27. The lowest BCUT2D eigenvalue weighted by molar-refractivity contribution is -0.137. The number of nitrogens with one attached hydrogen (secondary N) is 1. The standard InChI is InChI=1S/C10H6BrF3N2/c11-9-5-8(15-16-9)6-2-1-3-7(4-6)10(12,13)14/h1-5H,(H,15,16). The van der Waals surface area contributed by atoms with Crippen molar-refractivity contribution in [2.45, 2.75) is 6.18 Å². The lowest BCUT2D eigenvalue weighted by Gasteiger charge is -2.07. The van der Waals surface area contributed by atoms with Gasteiger partial charge in [0.2, 0.25) is 0 Å². The average Bonchev–Trinajstić information content (AvgIpc) is 2.64. The van der Waals surface area contributed by atoms with Gasteiger partial charge in [-0.1, -0.05) is 12.1 Å². The van der Waals surface area contributed by atoms with E-state index in [0.717, 1.165) is 12.1 Å². The molecule has 0 spiro atoms. The monoisotopic (exact) mass is 290 g/mol. The van der Waals surface area contributed by atoms with E-state index in [4.69, 9.17) is 0 Å². The molecule has 0 aliphatic rings. The maximum Gasteiger partial charge on any atom is 0.416 e. The fourth-order valence-electron chi connectivity index (χ4n) is 1.30. The van der Waals surface area contributed by atoms with E-state index in [1.54, 1.807) is 12.1 Å². The van der Waals surface area contributed by atoms with Gasteiger partial charge in [0.25, 0.3) is 0 Å². The topological polar surface area (TPSA) is 28.7 Å². The van der Waals surface area contributed by atoms with E-state index in [0.29, 0.717) is 15.9 Å². The molecule has 0 saturated heterocycles. The fraction of sp³-hybridized carbons (Fsp3) is 0.100. The highest BCUT2D eigenvalue weighted by Crippen LogP contribution is 2.31. The first-order valence-electron chi connectivity index (χ1n) is 4.35. The van der Waals surface area contributed by atoms with Crippen molar-refractivity contribution in [3.8, 4) is 11.3 Å². The largest absolute Gasteiger partial charge is 0.416 e. The third-order valence-corrected chi connectivity index (χ3v) is 2.44. The molecule has 1 heterocycles. The molecule has 0 unspecified atom stereocenters. The number of hydrogen-bond donors (Lipinski definition) is 1. The first-order valence-corrected chi connectivity index (χ1v) is 5.14. The van der Waals surface area contributed by atoms with Crippen LogP contribution < -0.4 is 0 Å². The summed E-state index contributed by atoms with van der Waals surface area (Å²) < 4.78 is 38.0. The van der Waals surface area contributed by atoms with Gasteiger partial charge in [-0.05, 0) is 34.1 Å². The van der Waals surface area contributed by atoms with Gasteiger partial charge in [-0.15, -0.1) is 0 Å². The number of benzene rings is 1. The number of rotatable bonds is 1. The summed E-state index contributed by atoms with van der Waals surface area (Å²) >= 11 is 3.15. The molecule has 6 heteroatoms. The van der Waals surface area contributed by atoms with Crippen molar-refractivity contribution in [1.29, 1.82) is 0 Å². The minimum atomic E-state index is -4.33. The number of H-pyrrole nitrogens is 1. The molecule has 0 bridgehead atoms. The van der Waals surface area contributed by atoms with Crippen LogP contribution in [0.25, 0.3) is 11.3 Å². The number of nitrogens with zero attached hydrogens (tertiary/aromatic N) is 1. The van der Waals surface area contributed by atoms with E-state index in [2.05, 4.69) is 26.1 Å². The van der Waals surface area contributed by atoms with Crippen molar-refractivity contribution in [2.75, 3.05) is 0 Å². The molecule has 1 N–H and O–H groups in total. The molecule has 2 aromatic rings. The minimum Gasteiger partial charge on any atom is -0.271 e. The Morgan fingerprint density at radius 2 is 1.94 bits per heavy atom. The summed E-state index contributed by atoms with van der Waals surface area (Å²) in [5, 5.41) is 6.48. The molecular weight excluding hydrogens is 285 g/mol. The first kappa shape index (κ1) is 11.2. The van der Waals surface area contributed by atoms with E-state index in [1.807, 2.05) is 0 Å². The van der Waals surface area contributed by atoms with E-state index < -0.39 is 11.7 Å². The number of hydrogen-bond acceptors (Lipinski definition) is 1. The van der Waals surface area contributed by atoms with Gasteiger partial charge in [0, 0.05) is 5.56 Å². The molecule has 1 aromatic carbocycles. The highest BCUT2D eigenvalue weighted by molar-refractivity contribution is 9.10. The summed E-state index contributed by atoms with van der Waals surface area (Å²) in [4.78, 5) is 0. The summed E-state index contributed by atoms with van der Waals surface area (Å²) in [6.07, 6.45) is -4.33. The molecule has 0 atom stereocenters. The predicted molar refractivity (Wildman–Crippen MR) is 56.7 cm³/mol. The molecule has 0 saturated carbocycles. The van der Waals surface area contributed by atoms with E-state index in [1.165, 1.54) is 6.07 Å². The van der Waals surface area contributed by atoms with Crippen molar-refractivity contribution in [1.82, 2.24) is 10.2 Å². The van der Waals surface area contributed by atoms with Crippen molar-refractivity contribution in [3.05, 3.63) is 40.5 Å². The zero-order chi connectivity index (χ0) is 11.8. The van der Waals surface area contributed by atoms with Gasteiger partial charge in [-0.3, -0.25) is 5.10 Å². The smallest absolute Gasteiger partial charge is 0.271 e. The van der Waals surface area contributed by atoms with E-state index in [-0.39, 0.29) is 0 Å². The Labute approximate surface area is 97.6 Å². The van der Waals surface area contributed by atoms with E-state index >= 15 is 0 Å². The van der Waals surface area contributed by atoms with Crippen LogP contribution in [0.1, 0.15) is 5.56 Å². The van der Waals surface area contributed by atoms with Crippen LogP contribution in [-0.4, -0.2) is 10.2 Å².